The van der Waals surface area contributed by atoms with Crippen LogP contribution in [0.1, 0.15) is 23.2 Å². The van der Waals surface area contributed by atoms with Crippen LogP contribution < -0.4 is 5.32 Å². The van der Waals surface area contributed by atoms with Gasteiger partial charge >= 0.3 is 5.97 Å². The van der Waals surface area contributed by atoms with E-state index in [2.05, 4.69) is 21.2 Å². The third kappa shape index (κ3) is 2.81. The van der Waals surface area contributed by atoms with Crippen LogP contribution in [0.15, 0.2) is 22.7 Å². The van der Waals surface area contributed by atoms with Crippen molar-refractivity contribution < 1.29 is 19.8 Å². The van der Waals surface area contributed by atoms with Crippen molar-refractivity contribution in [2.24, 2.45) is 5.92 Å². The van der Waals surface area contributed by atoms with Gasteiger partial charge in [-0.25, -0.2) is 4.79 Å². The van der Waals surface area contributed by atoms with Gasteiger partial charge in [-0.3, -0.25) is 4.79 Å². The number of carbonyl (C=O) groups is 2. The SMILES string of the molecule is O=C(NC(C(=O)O)C1CC1)c1cc(Br)ccc1O. The second-order valence-electron chi connectivity index (χ2n) is 4.29. The summed E-state index contributed by atoms with van der Waals surface area (Å²) in [6.07, 6.45) is 1.61. The zero-order chi connectivity index (χ0) is 13.3. The largest absolute Gasteiger partial charge is 0.507 e. The van der Waals surface area contributed by atoms with Gasteiger partial charge in [-0.1, -0.05) is 15.9 Å². The lowest BCUT2D eigenvalue weighted by Crippen LogP contribution is -2.42. The summed E-state index contributed by atoms with van der Waals surface area (Å²) in [5, 5.41) is 21.0. The second-order valence-corrected chi connectivity index (χ2v) is 5.20. The summed E-state index contributed by atoms with van der Waals surface area (Å²) in [6.45, 7) is 0. The van der Waals surface area contributed by atoms with Crippen molar-refractivity contribution in [3.63, 3.8) is 0 Å². The van der Waals surface area contributed by atoms with E-state index in [9.17, 15) is 14.7 Å². The number of carboxylic acid groups (broad SMARTS) is 1. The molecule has 0 aliphatic heterocycles. The first-order chi connectivity index (χ1) is 8.49. The number of phenols is 1. The molecule has 0 saturated heterocycles. The monoisotopic (exact) mass is 313 g/mol. The maximum absolute atomic E-state index is 11.9. The van der Waals surface area contributed by atoms with Crippen LogP contribution >= 0.6 is 15.9 Å². The molecular weight excluding hydrogens is 302 g/mol. The Kier molecular flexibility index (Phi) is 3.56. The fraction of sp³-hybridized carbons (Fsp3) is 0.333. The summed E-state index contributed by atoms with van der Waals surface area (Å²) >= 11 is 3.19. The smallest absolute Gasteiger partial charge is 0.326 e. The van der Waals surface area contributed by atoms with Crippen LogP contribution in [0.2, 0.25) is 0 Å². The number of nitrogens with one attached hydrogen (secondary N) is 1. The first kappa shape index (κ1) is 12.9. The molecule has 3 N–H and O–H groups in total. The number of halogens is 1. The maximum Gasteiger partial charge on any atom is 0.326 e. The van der Waals surface area contributed by atoms with Crippen LogP contribution in [-0.4, -0.2) is 28.1 Å². The van der Waals surface area contributed by atoms with E-state index in [4.69, 9.17) is 5.11 Å². The van der Waals surface area contributed by atoms with Crippen LogP contribution in [0, 0.1) is 5.92 Å². The lowest BCUT2D eigenvalue weighted by atomic mass is 10.1. The summed E-state index contributed by atoms with van der Waals surface area (Å²) < 4.78 is 0.642. The Labute approximate surface area is 112 Å². The summed E-state index contributed by atoms with van der Waals surface area (Å²) in [7, 11) is 0. The highest BCUT2D eigenvalue weighted by Crippen LogP contribution is 2.33. The number of aliphatic carboxylic acids is 1. The predicted octanol–water partition coefficient (Wildman–Crippen LogP) is 1.75. The Morgan fingerprint density at radius 1 is 1.39 bits per heavy atom. The fourth-order valence-electron chi connectivity index (χ4n) is 1.72. The Morgan fingerprint density at radius 2 is 2.06 bits per heavy atom. The average Bonchev–Trinajstić information content (AvgIpc) is 3.12. The number of aromatic hydroxyl groups is 1. The van der Waals surface area contributed by atoms with E-state index in [1.165, 1.54) is 12.1 Å². The van der Waals surface area contributed by atoms with Crippen LogP contribution in [0.3, 0.4) is 0 Å². The molecule has 0 radical (unpaired) electrons. The van der Waals surface area contributed by atoms with Crippen molar-refractivity contribution in [1.29, 1.82) is 0 Å². The topological polar surface area (TPSA) is 86.6 Å². The van der Waals surface area contributed by atoms with Gasteiger partial charge in [0.15, 0.2) is 0 Å². The highest BCUT2D eigenvalue weighted by Gasteiger charge is 2.37. The van der Waals surface area contributed by atoms with Crippen molar-refractivity contribution in [1.82, 2.24) is 5.32 Å². The highest BCUT2D eigenvalue weighted by molar-refractivity contribution is 9.10. The van der Waals surface area contributed by atoms with Gasteiger partial charge in [0, 0.05) is 4.47 Å². The van der Waals surface area contributed by atoms with Crippen LogP contribution in [0.5, 0.6) is 5.75 Å². The van der Waals surface area contributed by atoms with Crippen LogP contribution in [0.25, 0.3) is 0 Å². The number of carbonyl (C=O) groups excluding carboxylic acids is 1. The molecule has 1 aromatic carbocycles. The number of hydrogen-bond donors (Lipinski definition) is 3. The number of hydrogen-bond acceptors (Lipinski definition) is 3. The van der Waals surface area contributed by atoms with E-state index in [0.717, 1.165) is 12.8 Å². The molecule has 1 amide bonds. The Morgan fingerprint density at radius 3 is 2.61 bits per heavy atom. The van der Waals surface area contributed by atoms with Gasteiger partial charge in [-0.05, 0) is 37.0 Å². The van der Waals surface area contributed by atoms with Gasteiger partial charge in [-0.2, -0.15) is 0 Å². The van der Waals surface area contributed by atoms with Crippen molar-refractivity contribution in [3.05, 3.63) is 28.2 Å². The molecular formula is C12H12BrNO4. The van der Waals surface area contributed by atoms with E-state index >= 15 is 0 Å². The fourth-order valence-corrected chi connectivity index (χ4v) is 2.08. The van der Waals surface area contributed by atoms with E-state index < -0.39 is 17.9 Å². The molecule has 1 aromatic rings. The van der Waals surface area contributed by atoms with E-state index in [-0.39, 0.29) is 17.2 Å². The van der Waals surface area contributed by atoms with Gasteiger partial charge in [0.25, 0.3) is 5.91 Å². The molecule has 6 heteroatoms. The van der Waals surface area contributed by atoms with Crippen molar-refractivity contribution in [2.75, 3.05) is 0 Å². The number of phenolic OH excluding ortho intramolecular Hbond substituents is 1. The molecule has 1 fully saturated rings. The molecule has 0 bridgehead atoms. The van der Waals surface area contributed by atoms with Crippen molar-refractivity contribution >= 4 is 27.8 Å². The first-order valence-corrected chi connectivity index (χ1v) is 6.30. The standard InChI is InChI=1S/C12H12BrNO4/c13-7-3-4-9(15)8(5-7)11(16)14-10(12(17)18)6-1-2-6/h3-6,10,15H,1-2H2,(H,14,16)(H,17,18). The maximum atomic E-state index is 11.9. The average molecular weight is 314 g/mol. The number of benzene rings is 1. The van der Waals surface area contributed by atoms with Gasteiger partial charge in [0.05, 0.1) is 5.56 Å². The van der Waals surface area contributed by atoms with E-state index in [0.29, 0.717) is 4.47 Å². The van der Waals surface area contributed by atoms with Gasteiger partial charge in [-0.15, -0.1) is 0 Å². The summed E-state index contributed by atoms with van der Waals surface area (Å²) in [5.74, 6) is -1.79. The second kappa shape index (κ2) is 4.97. The van der Waals surface area contributed by atoms with Gasteiger partial charge in [0.2, 0.25) is 0 Å². The molecule has 0 aromatic heterocycles. The Hall–Kier alpha value is -1.56. The third-order valence-electron chi connectivity index (χ3n) is 2.85. The van der Waals surface area contributed by atoms with E-state index in [1.807, 2.05) is 0 Å². The predicted molar refractivity (Wildman–Crippen MR) is 67.4 cm³/mol. The van der Waals surface area contributed by atoms with Crippen molar-refractivity contribution in [3.8, 4) is 5.75 Å². The molecule has 1 unspecified atom stereocenters. The molecule has 0 heterocycles. The molecule has 1 atom stereocenters. The molecule has 1 aliphatic rings. The Balaban J connectivity index is 2.15. The molecule has 2 rings (SSSR count). The lowest BCUT2D eigenvalue weighted by Gasteiger charge is -2.14. The minimum absolute atomic E-state index is 0.000691. The normalized spacial score (nSPS) is 16.1. The minimum Gasteiger partial charge on any atom is -0.507 e. The van der Waals surface area contributed by atoms with Crippen molar-refractivity contribution in [2.45, 2.75) is 18.9 Å². The van der Waals surface area contributed by atoms with Gasteiger partial charge in [0.1, 0.15) is 11.8 Å². The molecule has 96 valence electrons. The number of amides is 1. The zero-order valence-electron chi connectivity index (χ0n) is 9.39. The molecule has 1 saturated carbocycles. The molecule has 1 aliphatic carbocycles. The quantitative estimate of drug-likeness (QED) is 0.790. The number of rotatable bonds is 4. The number of carboxylic acids is 1. The summed E-state index contributed by atoms with van der Waals surface area (Å²) in [4.78, 5) is 22.9. The zero-order valence-corrected chi connectivity index (χ0v) is 11.0. The van der Waals surface area contributed by atoms with Crippen LogP contribution in [-0.2, 0) is 4.79 Å². The molecule has 5 nitrogen and oxygen atoms in total. The summed E-state index contributed by atoms with van der Waals surface area (Å²) in [6, 6.07) is 3.56. The van der Waals surface area contributed by atoms with E-state index in [1.54, 1.807) is 6.07 Å². The van der Waals surface area contributed by atoms with Crippen LogP contribution in [0.4, 0.5) is 0 Å². The lowest BCUT2D eigenvalue weighted by molar-refractivity contribution is -0.139. The van der Waals surface area contributed by atoms with Gasteiger partial charge < -0.3 is 15.5 Å². The molecule has 0 spiro atoms. The third-order valence-corrected chi connectivity index (χ3v) is 3.34. The highest BCUT2D eigenvalue weighted by atomic mass is 79.9. The molecule has 18 heavy (non-hydrogen) atoms. The minimum atomic E-state index is -1.04. The Bertz CT molecular complexity index is 499. The summed E-state index contributed by atoms with van der Waals surface area (Å²) in [5.41, 5.74) is 0.0660. The first-order valence-electron chi connectivity index (χ1n) is 5.51.